The molecule has 0 radical (unpaired) electrons. The number of rotatable bonds is 10. The highest BCUT2D eigenvalue weighted by atomic mass is 19.3. The van der Waals surface area contributed by atoms with Gasteiger partial charge in [0.2, 0.25) is 5.89 Å². The molecule has 0 aliphatic rings. The Morgan fingerprint density at radius 2 is 1.77 bits per heavy atom. The highest BCUT2D eigenvalue weighted by Crippen LogP contribution is 2.34. The number of methoxy groups -OCH3 is 1. The van der Waals surface area contributed by atoms with Gasteiger partial charge in [0.1, 0.15) is 17.9 Å². The average molecular weight is 536 g/mol. The lowest BCUT2D eigenvalue weighted by atomic mass is 9.94. The first kappa shape index (κ1) is 27.1. The summed E-state index contributed by atoms with van der Waals surface area (Å²) in [5, 5.41) is 0. The molecule has 0 saturated heterocycles. The van der Waals surface area contributed by atoms with E-state index in [4.69, 9.17) is 13.9 Å². The van der Waals surface area contributed by atoms with Crippen molar-refractivity contribution in [3.8, 4) is 23.0 Å². The third-order valence-electron chi connectivity index (χ3n) is 5.63. The molecule has 0 aliphatic heterocycles. The minimum atomic E-state index is -3.16. The minimum absolute atomic E-state index is 0.0238. The Labute approximate surface area is 221 Å². The van der Waals surface area contributed by atoms with E-state index in [0.717, 1.165) is 0 Å². The monoisotopic (exact) mass is 536 g/mol. The van der Waals surface area contributed by atoms with Gasteiger partial charge in [-0.3, -0.25) is 14.6 Å². The number of carbonyl (C=O) groups excluding carboxylic acids is 3. The quantitative estimate of drug-likeness (QED) is 0.118. The lowest BCUT2D eigenvalue weighted by molar-refractivity contribution is -0.143. The largest absolute Gasteiger partial charge is 0.468 e. The Morgan fingerprint density at radius 1 is 1.00 bits per heavy atom. The number of oxazole rings is 1. The topological polar surface area (TPSA) is 118 Å². The number of ketones is 1. The molecular weight excluding hydrogens is 514 g/mol. The molecule has 4 aromatic rings. The number of ether oxygens (including phenoxy) is 3. The molecule has 200 valence electrons. The predicted molar refractivity (Wildman–Crippen MR) is 132 cm³/mol. The van der Waals surface area contributed by atoms with Gasteiger partial charge in [-0.25, -0.2) is 9.78 Å². The summed E-state index contributed by atoms with van der Waals surface area (Å²) < 4.78 is 46.1. The molecule has 0 saturated carbocycles. The van der Waals surface area contributed by atoms with Crippen molar-refractivity contribution in [1.82, 2.24) is 9.97 Å². The molecule has 0 amide bonds. The molecule has 9 nitrogen and oxygen atoms in total. The third-order valence-corrected chi connectivity index (χ3v) is 5.63. The van der Waals surface area contributed by atoms with E-state index in [2.05, 4.69) is 14.7 Å². The normalized spacial score (nSPS) is 11.6. The lowest BCUT2D eigenvalue weighted by Crippen LogP contribution is -2.29. The van der Waals surface area contributed by atoms with Crippen LogP contribution in [0.2, 0.25) is 0 Å². The summed E-state index contributed by atoms with van der Waals surface area (Å²) in [4.78, 5) is 46.5. The zero-order valence-corrected chi connectivity index (χ0v) is 20.8. The maximum absolute atomic E-state index is 13.1. The maximum atomic E-state index is 13.1. The summed E-state index contributed by atoms with van der Waals surface area (Å²) in [6.07, 6.45) is 2.56. The van der Waals surface area contributed by atoms with Crippen LogP contribution in [-0.2, 0) is 16.0 Å². The van der Waals surface area contributed by atoms with Crippen LogP contribution in [0.5, 0.6) is 11.5 Å². The third kappa shape index (κ3) is 6.50. The SMILES string of the molecule is COC(=O)C(Cc1coc(-c2ccc(OC(F)F)c(OC(=O)c3ccccc3)c2)n1)C(=O)c1ncccc1C. The first-order valence-corrected chi connectivity index (χ1v) is 11.6. The van der Waals surface area contributed by atoms with Crippen molar-refractivity contribution in [3.05, 3.63) is 95.6 Å². The van der Waals surface area contributed by atoms with Crippen LogP contribution in [0.4, 0.5) is 8.78 Å². The van der Waals surface area contributed by atoms with E-state index < -0.39 is 30.3 Å². The van der Waals surface area contributed by atoms with Crippen LogP contribution in [0.1, 0.15) is 32.1 Å². The molecule has 0 N–H and O–H groups in total. The predicted octanol–water partition coefficient (Wildman–Crippen LogP) is 5.08. The Kier molecular flexibility index (Phi) is 8.40. The number of Topliss-reactive ketones (excluding diaryl/α,β-unsaturated/α-hetero) is 1. The first-order chi connectivity index (χ1) is 18.8. The van der Waals surface area contributed by atoms with Gasteiger partial charge in [-0.05, 0) is 48.9 Å². The molecule has 2 heterocycles. The Balaban J connectivity index is 1.60. The molecule has 0 fully saturated rings. The van der Waals surface area contributed by atoms with Crippen molar-refractivity contribution >= 4 is 17.7 Å². The van der Waals surface area contributed by atoms with Crippen LogP contribution in [0, 0.1) is 12.8 Å². The number of esters is 2. The highest BCUT2D eigenvalue weighted by molar-refractivity contribution is 6.08. The van der Waals surface area contributed by atoms with Crippen molar-refractivity contribution in [2.45, 2.75) is 20.0 Å². The Morgan fingerprint density at radius 3 is 2.46 bits per heavy atom. The molecule has 0 spiro atoms. The summed E-state index contributed by atoms with van der Waals surface area (Å²) in [5.74, 6) is -3.95. The van der Waals surface area contributed by atoms with Gasteiger partial charge in [-0.2, -0.15) is 8.78 Å². The summed E-state index contributed by atoms with van der Waals surface area (Å²) in [7, 11) is 1.17. The van der Waals surface area contributed by atoms with Gasteiger partial charge in [0.05, 0.1) is 18.4 Å². The van der Waals surface area contributed by atoms with E-state index in [9.17, 15) is 23.2 Å². The fourth-order valence-electron chi connectivity index (χ4n) is 3.72. The van der Waals surface area contributed by atoms with Crippen LogP contribution >= 0.6 is 0 Å². The second-order valence-corrected chi connectivity index (χ2v) is 8.25. The van der Waals surface area contributed by atoms with Gasteiger partial charge < -0.3 is 18.6 Å². The Bertz CT molecular complexity index is 1490. The first-order valence-electron chi connectivity index (χ1n) is 11.6. The maximum Gasteiger partial charge on any atom is 0.387 e. The molecule has 0 aliphatic carbocycles. The second kappa shape index (κ2) is 12.1. The number of nitrogens with zero attached hydrogens (tertiary/aromatic N) is 2. The Hall–Kier alpha value is -4.93. The molecule has 11 heteroatoms. The number of alkyl halides is 2. The fourth-order valence-corrected chi connectivity index (χ4v) is 3.72. The van der Waals surface area contributed by atoms with Gasteiger partial charge in [0.15, 0.2) is 17.3 Å². The second-order valence-electron chi connectivity index (χ2n) is 8.25. The number of aromatic nitrogens is 2. The summed E-state index contributed by atoms with van der Waals surface area (Å²) in [6, 6.07) is 15.2. The van der Waals surface area contributed by atoms with E-state index in [1.54, 1.807) is 37.3 Å². The van der Waals surface area contributed by atoms with Crippen LogP contribution in [0.15, 0.2) is 77.5 Å². The molecule has 1 unspecified atom stereocenters. The summed E-state index contributed by atoms with van der Waals surface area (Å²) in [5.41, 5.74) is 1.45. The van der Waals surface area contributed by atoms with Crippen LogP contribution in [-0.4, -0.2) is 41.4 Å². The van der Waals surface area contributed by atoms with Crippen molar-refractivity contribution < 1.29 is 41.8 Å². The molecule has 2 aromatic heterocycles. The van der Waals surface area contributed by atoms with Crippen LogP contribution in [0.25, 0.3) is 11.5 Å². The van der Waals surface area contributed by atoms with E-state index in [-0.39, 0.29) is 46.3 Å². The fraction of sp³-hybridized carbons (Fsp3) is 0.179. The molecule has 0 bridgehead atoms. The van der Waals surface area contributed by atoms with Gasteiger partial charge in [-0.1, -0.05) is 24.3 Å². The van der Waals surface area contributed by atoms with Crippen LogP contribution in [0.3, 0.4) is 0 Å². The van der Waals surface area contributed by atoms with Gasteiger partial charge in [-0.15, -0.1) is 0 Å². The van der Waals surface area contributed by atoms with Gasteiger partial charge >= 0.3 is 18.6 Å². The molecular formula is C28H22F2N2O7. The van der Waals surface area contributed by atoms with Gasteiger partial charge in [0, 0.05) is 18.2 Å². The highest BCUT2D eigenvalue weighted by Gasteiger charge is 2.32. The number of hydrogen-bond acceptors (Lipinski definition) is 9. The van der Waals surface area contributed by atoms with Crippen molar-refractivity contribution in [2.75, 3.05) is 7.11 Å². The van der Waals surface area contributed by atoms with E-state index in [1.807, 2.05) is 0 Å². The van der Waals surface area contributed by atoms with Gasteiger partial charge in [0.25, 0.3) is 0 Å². The van der Waals surface area contributed by atoms with Crippen molar-refractivity contribution in [1.29, 1.82) is 0 Å². The summed E-state index contributed by atoms with van der Waals surface area (Å²) in [6.45, 7) is -1.46. The number of carbonyl (C=O) groups is 3. The molecule has 1 atom stereocenters. The molecule has 39 heavy (non-hydrogen) atoms. The van der Waals surface area contributed by atoms with Crippen LogP contribution < -0.4 is 9.47 Å². The van der Waals surface area contributed by atoms with E-state index in [1.165, 1.54) is 49.9 Å². The number of hydrogen-bond donors (Lipinski definition) is 0. The van der Waals surface area contributed by atoms with Crippen molar-refractivity contribution in [3.63, 3.8) is 0 Å². The smallest absolute Gasteiger partial charge is 0.387 e. The molecule has 2 aromatic carbocycles. The number of halogens is 2. The zero-order valence-electron chi connectivity index (χ0n) is 20.8. The number of aryl methyl sites for hydroxylation is 1. The summed E-state index contributed by atoms with van der Waals surface area (Å²) >= 11 is 0. The number of benzene rings is 2. The standard InChI is InChI=1S/C28H22F2N2O7/c1-16-7-6-12-31-23(16)24(33)20(27(35)36-2)14-19-15-37-25(32-19)18-10-11-21(39-28(29)30)22(13-18)38-26(34)17-8-4-3-5-9-17/h3-13,15,20,28H,14H2,1-2H3. The van der Waals surface area contributed by atoms with E-state index >= 15 is 0 Å². The minimum Gasteiger partial charge on any atom is -0.468 e. The molecule has 4 rings (SSSR count). The van der Waals surface area contributed by atoms with Crippen molar-refractivity contribution in [2.24, 2.45) is 5.92 Å². The number of pyridine rings is 1. The average Bonchev–Trinajstić information content (AvgIpc) is 3.41. The lowest BCUT2D eigenvalue weighted by Gasteiger charge is -2.13. The zero-order chi connectivity index (χ0) is 27.9. The van der Waals surface area contributed by atoms with E-state index in [0.29, 0.717) is 5.56 Å².